The number of hydrogen-bond acceptors (Lipinski definition) is 11. The maximum atomic E-state index is 14.4. The Morgan fingerprint density at radius 3 is 2.08 bits per heavy atom. The zero-order valence-electron chi connectivity index (χ0n) is 38.0. The Labute approximate surface area is 387 Å². The van der Waals surface area contributed by atoms with Crippen molar-refractivity contribution in [3.05, 3.63) is 74.8 Å². The number of nitrogens with one attached hydrogen (secondary N) is 2. The quantitative estimate of drug-likeness (QED) is 0.0337. The molecule has 3 heterocycles. The van der Waals surface area contributed by atoms with Crippen LogP contribution in [0.2, 0.25) is 0 Å². The highest BCUT2D eigenvalue weighted by molar-refractivity contribution is 7.86. The minimum atomic E-state index is -5.06. The smallest absolute Gasteiger partial charge is 0.407 e. The number of amides is 2. The van der Waals surface area contributed by atoms with Crippen molar-refractivity contribution in [3.8, 4) is 11.5 Å². The van der Waals surface area contributed by atoms with Gasteiger partial charge in [-0.25, -0.2) is 9.59 Å². The standard InChI is InChI=1S/C48H64N4O12S2/c1-3-4-5-6-7-8-9-10-11-12-13-14-15-16-25-38(47(54)55)51-48(56)63-29-28-52(2)46(53)35-24-18-17-23-34(35)39-36-30-32-21-19-26-49-40(32)44(65(57,58)59)42(36)64-43-37(39)31-33-22-20-27-50-41(33)45(43)66(60,61)62/h17-18,23-24,30-31,38,49H,3-16,19-22,25-29H2,1-2H3,(H,51,56)(H,54,55)(H,57,58,59)(H,60,61,62). The van der Waals surface area contributed by atoms with Crippen LogP contribution < -0.4 is 25.9 Å². The Morgan fingerprint density at radius 2 is 1.44 bits per heavy atom. The van der Waals surface area contributed by atoms with Crippen molar-refractivity contribution in [2.75, 3.05) is 38.6 Å². The fourth-order valence-corrected chi connectivity index (χ4v) is 10.8. The molecule has 2 amide bonds. The van der Waals surface area contributed by atoms with Gasteiger partial charge in [0.15, 0.2) is 21.3 Å². The van der Waals surface area contributed by atoms with E-state index in [0.717, 1.165) is 25.7 Å². The number of carboxylic acids is 1. The Kier molecular flexibility index (Phi) is 17.6. The van der Waals surface area contributed by atoms with Gasteiger partial charge in [0, 0.05) is 42.1 Å². The lowest BCUT2D eigenvalue weighted by Crippen LogP contribution is -2.42. The maximum absolute atomic E-state index is 14.4. The van der Waals surface area contributed by atoms with Crippen molar-refractivity contribution in [2.45, 2.75) is 145 Å². The summed E-state index contributed by atoms with van der Waals surface area (Å²) in [5, 5.41) is 15.4. The number of rotatable bonds is 24. The number of unbranched alkanes of at least 4 members (excludes halogenated alkanes) is 13. The first kappa shape index (κ1) is 50.4. The molecule has 3 aliphatic heterocycles. The molecule has 1 unspecified atom stereocenters. The summed E-state index contributed by atoms with van der Waals surface area (Å²) in [6, 6.07) is 8.67. The number of anilines is 1. The normalized spacial score (nSPS) is 14.6. The Hall–Kier alpha value is -5.04. The van der Waals surface area contributed by atoms with Gasteiger partial charge >= 0.3 is 12.1 Å². The Bertz CT molecular complexity index is 2620. The number of carbonyl (C=O) groups is 3. The first-order chi connectivity index (χ1) is 31.6. The SMILES string of the molecule is CCCCCCCCCCCCCCCCC(NC(=O)OCCN(C)C(=O)c1ccccc1C1=c2cc3c(c(S(=O)(=O)O)c2Oc2c1cc1c(c2S(=O)(=O)O)NCCC1)=NCCC3)C(=O)O. The van der Waals surface area contributed by atoms with E-state index in [-0.39, 0.29) is 64.6 Å². The topological polar surface area (TPSA) is 238 Å². The number of likely N-dealkylation sites (N-methyl/N-ethyl adjacent to an activating group) is 1. The van der Waals surface area contributed by atoms with Crippen LogP contribution in [-0.4, -0.2) is 93.2 Å². The van der Waals surface area contributed by atoms with Crippen LogP contribution in [0.3, 0.4) is 0 Å². The number of ether oxygens (including phenoxy) is 2. The van der Waals surface area contributed by atoms with Gasteiger partial charge in [-0.2, -0.15) is 16.8 Å². The minimum absolute atomic E-state index is 0.0209. The molecule has 16 nitrogen and oxygen atoms in total. The monoisotopic (exact) mass is 952 g/mol. The molecule has 66 heavy (non-hydrogen) atoms. The maximum Gasteiger partial charge on any atom is 0.407 e. The third-order valence-electron chi connectivity index (χ3n) is 12.5. The van der Waals surface area contributed by atoms with Crippen LogP contribution in [0.5, 0.6) is 11.5 Å². The summed E-state index contributed by atoms with van der Waals surface area (Å²) < 4.78 is 85.7. The molecule has 18 heteroatoms. The summed E-state index contributed by atoms with van der Waals surface area (Å²) in [6.45, 7) is 2.51. The number of benzene rings is 3. The van der Waals surface area contributed by atoms with E-state index in [9.17, 15) is 45.4 Å². The van der Waals surface area contributed by atoms with Crippen LogP contribution in [0.25, 0.3) is 5.57 Å². The second-order valence-corrected chi connectivity index (χ2v) is 20.2. The van der Waals surface area contributed by atoms with E-state index in [1.807, 2.05) is 0 Å². The third kappa shape index (κ3) is 12.5. The number of fused-ring (bicyclic) bond motifs is 4. The number of alkyl carbamates (subject to hydrolysis) is 1. The van der Waals surface area contributed by atoms with Gasteiger partial charge in [0.1, 0.15) is 12.6 Å². The third-order valence-corrected chi connectivity index (χ3v) is 14.3. The molecule has 0 spiro atoms. The number of carboxylic acid groups (broad SMARTS) is 1. The summed E-state index contributed by atoms with van der Waals surface area (Å²) >= 11 is 0. The molecule has 5 N–H and O–H groups in total. The summed E-state index contributed by atoms with van der Waals surface area (Å²) in [5.74, 6) is -2.52. The molecule has 360 valence electrons. The van der Waals surface area contributed by atoms with Crippen molar-refractivity contribution in [2.24, 2.45) is 4.99 Å². The van der Waals surface area contributed by atoms with Crippen molar-refractivity contribution < 1.29 is 54.9 Å². The van der Waals surface area contributed by atoms with E-state index >= 15 is 0 Å². The predicted octanol–water partition coefficient (Wildman–Crippen LogP) is 7.58. The molecule has 0 aromatic heterocycles. The van der Waals surface area contributed by atoms with Crippen molar-refractivity contribution >= 4 is 49.5 Å². The Morgan fingerprint density at radius 1 is 0.818 bits per heavy atom. The first-order valence-electron chi connectivity index (χ1n) is 23.4. The fraction of sp³-hybridized carbons (Fsp3) is 0.542. The van der Waals surface area contributed by atoms with Gasteiger partial charge in [-0.05, 0) is 67.0 Å². The van der Waals surface area contributed by atoms with E-state index in [2.05, 4.69) is 22.5 Å². The molecular formula is C48H64N4O12S2. The second-order valence-electron chi connectivity index (χ2n) is 17.5. The minimum Gasteiger partial charge on any atom is -0.480 e. The van der Waals surface area contributed by atoms with E-state index in [4.69, 9.17) is 9.47 Å². The van der Waals surface area contributed by atoms with E-state index in [1.165, 1.54) is 69.7 Å². The fourth-order valence-electron chi connectivity index (χ4n) is 9.14. The van der Waals surface area contributed by atoms with Crippen LogP contribution in [0.15, 0.2) is 51.2 Å². The van der Waals surface area contributed by atoms with Gasteiger partial charge in [0.25, 0.3) is 26.1 Å². The van der Waals surface area contributed by atoms with Crippen molar-refractivity contribution in [1.82, 2.24) is 10.2 Å². The number of nitrogens with zero attached hydrogens (tertiary/aromatic N) is 2. The lowest BCUT2D eigenvalue weighted by Gasteiger charge is -2.30. The largest absolute Gasteiger partial charge is 0.480 e. The van der Waals surface area contributed by atoms with Crippen LogP contribution >= 0.6 is 0 Å². The van der Waals surface area contributed by atoms with E-state index in [0.29, 0.717) is 49.8 Å². The molecular weight excluding hydrogens is 889 g/mol. The molecule has 0 saturated carbocycles. The molecule has 0 saturated heterocycles. The molecule has 6 rings (SSSR count). The lowest BCUT2D eigenvalue weighted by atomic mass is 9.86. The summed E-state index contributed by atoms with van der Waals surface area (Å²) in [6.07, 6.45) is 17.8. The van der Waals surface area contributed by atoms with E-state index in [1.54, 1.807) is 36.4 Å². The average molecular weight is 953 g/mol. The highest BCUT2D eigenvalue weighted by Crippen LogP contribution is 2.48. The summed E-state index contributed by atoms with van der Waals surface area (Å²) in [5.41, 5.74) is 1.88. The number of aryl methyl sites for hydroxylation is 2. The molecule has 0 fully saturated rings. The summed E-state index contributed by atoms with van der Waals surface area (Å²) in [7, 11) is -8.61. The van der Waals surface area contributed by atoms with Gasteiger partial charge in [0.05, 0.1) is 17.6 Å². The molecule has 3 aliphatic rings. The highest BCUT2D eigenvalue weighted by atomic mass is 32.2. The van der Waals surface area contributed by atoms with Gasteiger partial charge in [0.2, 0.25) is 0 Å². The zero-order valence-corrected chi connectivity index (χ0v) is 39.7. The molecule has 0 bridgehead atoms. The molecule has 3 aromatic carbocycles. The van der Waals surface area contributed by atoms with Gasteiger partial charge < -0.3 is 30.1 Å². The van der Waals surface area contributed by atoms with Crippen LogP contribution in [-0.2, 0) is 42.6 Å². The lowest BCUT2D eigenvalue weighted by molar-refractivity contribution is -0.139. The Balaban J connectivity index is 1.16. The predicted molar refractivity (Wildman–Crippen MR) is 249 cm³/mol. The van der Waals surface area contributed by atoms with Gasteiger partial charge in [-0.15, -0.1) is 0 Å². The number of carbonyl (C=O) groups excluding carboxylic acids is 2. The molecule has 0 radical (unpaired) electrons. The van der Waals surface area contributed by atoms with Crippen LogP contribution in [0, 0.1) is 0 Å². The summed E-state index contributed by atoms with van der Waals surface area (Å²) in [4.78, 5) is 43.5. The zero-order chi connectivity index (χ0) is 47.4. The molecule has 0 aliphatic carbocycles. The van der Waals surface area contributed by atoms with Crippen molar-refractivity contribution in [1.29, 1.82) is 0 Å². The highest BCUT2D eigenvalue weighted by Gasteiger charge is 2.37. The molecule has 3 aromatic rings. The number of aliphatic carboxylic acids is 1. The first-order valence-corrected chi connectivity index (χ1v) is 26.3. The van der Waals surface area contributed by atoms with Crippen LogP contribution in [0.4, 0.5) is 10.5 Å². The van der Waals surface area contributed by atoms with Crippen LogP contribution in [0.1, 0.15) is 149 Å². The molecule has 1 atom stereocenters. The number of hydrogen-bond donors (Lipinski definition) is 5. The van der Waals surface area contributed by atoms with E-state index < -0.39 is 65.5 Å². The van der Waals surface area contributed by atoms with Gasteiger partial charge in [-0.3, -0.25) is 18.9 Å². The van der Waals surface area contributed by atoms with Crippen molar-refractivity contribution in [3.63, 3.8) is 0 Å². The van der Waals surface area contributed by atoms with Gasteiger partial charge in [-0.1, -0.05) is 115 Å². The second kappa shape index (κ2) is 23.1. The average Bonchev–Trinajstić information content (AvgIpc) is 3.27.